The minimum absolute atomic E-state index is 0.164. The summed E-state index contributed by atoms with van der Waals surface area (Å²) in [6.45, 7) is 2.07. The van der Waals surface area contributed by atoms with Crippen LogP contribution in [0.4, 0.5) is 8.78 Å². The third-order valence-electron chi connectivity index (χ3n) is 2.00. The molecule has 1 aromatic carbocycles. The molecule has 96 valence electrons. The van der Waals surface area contributed by atoms with Gasteiger partial charge in [-0.05, 0) is 18.6 Å². The molecule has 1 aromatic rings. The van der Waals surface area contributed by atoms with E-state index in [0.717, 1.165) is 6.42 Å². The Bertz CT molecular complexity index is 479. The molecule has 0 radical (unpaired) electrons. The predicted molar refractivity (Wildman–Crippen MR) is 59.8 cm³/mol. The first kappa shape index (κ1) is 14.2. The normalized spacial score (nSPS) is 11.5. The van der Waals surface area contributed by atoms with Crippen molar-refractivity contribution < 1.29 is 21.9 Å². The molecule has 0 N–H and O–H groups in total. The summed E-state index contributed by atoms with van der Waals surface area (Å²) in [5.74, 6) is -2.75. The smallest absolute Gasteiger partial charge is 0.261 e. The van der Waals surface area contributed by atoms with E-state index < -0.39 is 31.3 Å². The van der Waals surface area contributed by atoms with E-state index in [-0.39, 0.29) is 6.61 Å². The van der Waals surface area contributed by atoms with Crippen molar-refractivity contribution in [3.63, 3.8) is 0 Å². The molecule has 0 bridgehead atoms. The highest BCUT2D eigenvalue weighted by Crippen LogP contribution is 2.27. The fourth-order valence-corrected chi connectivity index (χ4v) is 1.89. The molecule has 0 aliphatic heterocycles. The van der Waals surface area contributed by atoms with Gasteiger partial charge in [-0.3, -0.25) is 0 Å². The Morgan fingerprint density at radius 2 is 1.82 bits per heavy atom. The average Bonchev–Trinajstić information content (AvgIpc) is 2.20. The van der Waals surface area contributed by atoms with Crippen molar-refractivity contribution in [3.05, 3.63) is 23.8 Å². The second-order valence-electron chi connectivity index (χ2n) is 3.36. The topological polar surface area (TPSA) is 43.4 Å². The van der Waals surface area contributed by atoms with Crippen LogP contribution in [0.1, 0.15) is 19.8 Å². The van der Waals surface area contributed by atoms with Gasteiger partial charge in [-0.15, -0.1) is 0 Å². The van der Waals surface area contributed by atoms with Gasteiger partial charge >= 0.3 is 0 Å². The lowest BCUT2D eigenvalue weighted by molar-refractivity contribution is 0.278. The van der Waals surface area contributed by atoms with Crippen LogP contribution in [0.2, 0.25) is 0 Å². The van der Waals surface area contributed by atoms with Crippen molar-refractivity contribution in [2.24, 2.45) is 0 Å². The Hall–Kier alpha value is -0.880. The van der Waals surface area contributed by atoms with Crippen molar-refractivity contribution in [3.8, 4) is 5.75 Å². The Morgan fingerprint density at radius 3 is 2.24 bits per heavy atom. The van der Waals surface area contributed by atoms with Gasteiger partial charge in [0.05, 0.1) is 11.5 Å². The van der Waals surface area contributed by atoms with Gasteiger partial charge in [-0.25, -0.2) is 17.2 Å². The predicted octanol–water partition coefficient (Wildman–Crippen LogP) is 3.07. The molecule has 0 aromatic heterocycles. The molecule has 0 aliphatic rings. The summed E-state index contributed by atoms with van der Waals surface area (Å²) in [4.78, 5) is -0.628. The standard InChI is InChI=1S/C10H11ClF2O3S/c1-2-3-4-16-10-8(12)5-7(6-9(10)13)17(11,14)15/h5-6H,2-4H2,1H3. The van der Waals surface area contributed by atoms with Gasteiger partial charge in [0.1, 0.15) is 0 Å². The molecule has 0 aliphatic carbocycles. The minimum atomic E-state index is -4.15. The lowest BCUT2D eigenvalue weighted by atomic mass is 10.3. The van der Waals surface area contributed by atoms with Gasteiger partial charge < -0.3 is 4.74 Å². The maximum absolute atomic E-state index is 13.4. The summed E-state index contributed by atoms with van der Waals surface area (Å²) in [6, 6.07) is 1.26. The van der Waals surface area contributed by atoms with E-state index in [4.69, 9.17) is 15.4 Å². The second-order valence-corrected chi connectivity index (χ2v) is 5.92. The van der Waals surface area contributed by atoms with E-state index in [2.05, 4.69) is 0 Å². The molecule has 0 saturated carbocycles. The monoisotopic (exact) mass is 284 g/mol. The van der Waals surface area contributed by atoms with Crippen molar-refractivity contribution in [2.45, 2.75) is 24.7 Å². The van der Waals surface area contributed by atoms with Gasteiger partial charge in [-0.1, -0.05) is 13.3 Å². The highest BCUT2D eigenvalue weighted by Gasteiger charge is 2.18. The number of hydrogen-bond donors (Lipinski definition) is 0. The zero-order valence-corrected chi connectivity index (χ0v) is 10.6. The van der Waals surface area contributed by atoms with Gasteiger partial charge in [0.15, 0.2) is 17.4 Å². The second kappa shape index (κ2) is 5.64. The molecule has 0 amide bonds. The summed E-state index contributed by atoms with van der Waals surface area (Å²) in [7, 11) is 0.827. The third kappa shape index (κ3) is 3.81. The van der Waals surface area contributed by atoms with Crippen LogP contribution in [-0.2, 0) is 9.05 Å². The Labute approximate surface area is 103 Å². The molecule has 3 nitrogen and oxygen atoms in total. The first-order valence-electron chi connectivity index (χ1n) is 4.92. The summed E-state index contributed by atoms with van der Waals surface area (Å²) < 4.78 is 53.4. The van der Waals surface area contributed by atoms with Gasteiger partial charge in [-0.2, -0.15) is 0 Å². The molecule has 0 heterocycles. The van der Waals surface area contributed by atoms with Gasteiger partial charge in [0.25, 0.3) is 9.05 Å². The van der Waals surface area contributed by atoms with Crippen LogP contribution < -0.4 is 4.74 Å². The molecule has 17 heavy (non-hydrogen) atoms. The van der Waals surface area contributed by atoms with E-state index in [0.29, 0.717) is 18.6 Å². The molecule has 0 unspecified atom stereocenters. The number of halogens is 3. The van der Waals surface area contributed by atoms with Crippen LogP contribution in [0.5, 0.6) is 5.75 Å². The summed E-state index contributed by atoms with van der Waals surface area (Å²) in [5, 5.41) is 0. The van der Waals surface area contributed by atoms with Crippen LogP contribution in [0.15, 0.2) is 17.0 Å². The summed E-state index contributed by atoms with van der Waals surface area (Å²) >= 11 is 0. The lowest BCUT2D eigenvalue weighted by Crippen LogP contribution is -2.03. The van der Waals surface area contributed by atoms with Crippen LogP contribution in [0.3, 0.4) is 0 Å². The highest BCUT2D eigenvalue weighted by atomic mass is 35.7. The molecule has 1 rings (SSSR count). The van der Waals surface area contributed by atoms with Crippen LogP contribution in [0, 0.1) is 11.6 Å². The van der Waals surface area contributed by atoms with Crippen molar-refractivity contribution in [1.29, 1.82) is 0 Å². The largest absolute Gasteiger partial charge is 0.488 e. The van der Waals surface area contributed by atoms with Crippen LogP contribution in [0.25, 0.3) is 0 Å². The fraction of sp³-hybridized carbons (Fsp3) is 0.400. The number of benzene rings is 1. The molecule has 0 saturated heterocycles. The Kier molecular flexibility index (Phi) is 4.70. The molecule has 0 fully saturated rings. The highest BCUT2D eigenvalue weighted by molar-refractivity contribution is 8.13. The average molecular weight is 285 g/mol. The maximum Gasteiger partial charge on any atom is 0.261 e. The van der Waals surface area contributed by atoms with E-state index in [9.17, 15) is 17.2 Å². The molecule has 0 spiro atoms. The van der Waals surface area contributed by atoms with Crippen LogP contribution in [-0.4, -0.2) is 15.0 Å². The summed E-state index contributed by atoms with van der Waals surface area (Å²) in [5.41, 5.74) is 0. The Balaban J connectivity index is 3.03. The van der Waals surface area contributed by atoms with Crippen molar-refractivity contribution >= 4 is 19.7 Å². The first-order chi connectivity index (χ1) is 7.86. The quantitative estimate of drug-likeness (QED) is 0.616. The van der Waals surface area contributed by atoms with Crippen molar-refractivity contribution in [1.82, 2.24) is 0 Å². The SMILES string of the molecule is CCCCOc1c(F)cc(S(=O)(=O)Cl)cc1F. The van der Waals surface area contributed by atoms with E-state index in [1.165, 1.54) is 0 Å². The molecule has 7 heteroatoms. The zero-order valence-electron chi connectivity index (χ0n) is 9.04. The molecular formula is C10H11ClF2O3S. The Morgan fingerprint density at radius 1 is 1.29 bits per heavy atom. The van der Waals surface area contributed by atoms with Crippen LogP contribution >= 0.6 is 10.7 Å². The number of ether oxygens (including phenoxy) is 1. The van der Waals surface area contributed by atoms with E-state index in [1.54, 1.807) is 0 Å². The van der Waals surface area contributed by atoms with E-state index in [1.807, 2.05) is 6.92 Å². The van der Waals surface area contributed by atoms with Crippen molar-refractivity contribution in [2.75, 3.05) is 6.61 Å². The first-order valence-corrected chi connectivity index (χ1v) is 7.23. The van der Waals surface area contributed by atoms with E-state index >= 15 is 0 Å². The zero-order chi connectivity index (χ0) is 13.1. The maximum atomic E-state index is 13.4. The minimum Gasteiger partial charge on any atom is -0.488 e. The fourth-order valence-electron chi connectivity index (χ4n) is 1.13. The molecular weight excluding hydrogens is 274 g/mol. The number of unbranched alkanes of at least 4 members (excludes halogenated alkanes) is 1. The third-order valence-corrected chi connectivity index (χ3v) is 3.33. The number of rotatable bonds is 5. The summed E-state index contributed by atoms with van der Waals surface area (Å²) in [6.07, 6.45) is 1.46. The van der Waals surface area contributed by atoms with Gasteiger partial charge in [0.2, 0.25) is 0 Å². The lowest BCUT2D eigenvalue weighted by Gasteiger charge is -2.08. The van der Waals surface area contributed by atoms with Gasteiger partial charge in [0, 0.05) is 10.7 Å². The number of hydrogen-bond acceptors (Lipinski definition) is 3. The molecule has 0 atom stereocenters.